The molecular weight excluding hydrogens is 285 g/mol. The first-order chi connectivity index (χ1) is 6.81. The Balaban J connectivity index is 3.02. The van der Waals surface area contributed by atoms with Crippen LogP contribution >= 0.6 is 15.9 Å². The Kier molecular flexibility index (Phi) is 3.86. The van der Waals surface area contributed by atoms with E-state index < -0.39 is 21.7 Å². The fourth-order valence-electron chi connectivity index (χ4n) is 1.22. The van der Waals surface area contributed by atoms with Gasteiger partial charge in [0.05, 0.1) is 10.2 Å². The van der Waals surface area contributed by atoms with Crippen molar-refractivity contribution in [2.45, 2.75) is 6.04 Å². The first-order valence-corrected chi connectivity index (χ1v) is 7.04. The normalized spacial score (nSPS) is 13.9. The maximum atomic E-state index is 13.5. The number of sulfone groups is 1. The predicted octanol–water partition coefficient (Wildman–Crippen LogP) is 1.63. The van der Waals surface area contributed by atoms with Gasteiger partial charge in [0.1, 0.15) is 15.7 Å². The summed E-state index contributed by atoms with van der Waals surface area (Å²) in [5, 5.41) is 0. The maximum Gasteiger partial charge on any atom is 0.149 e. The van der Waals surface area contributed by atoms with E-state index in [1.807, 2.05) is 0 Å². The molecule has 1 aromatic rings. The van der Waals surface area contributed by atoms with E-state index in [2.05, 4.69) is 15.9 Å². The molecule has 3 nitrogen and oxygen atoms in total. The highest BCUT2D eigenvalue weighted by molar-refractivity contribution is 9.10. The molecule has 1 aromatic carbocycles. The zero-order chi connectivity index (χ0) is 11.6. The van der Waals surface area contributed by atoms with Crippen molar-refractivity contribution in [3.63, 3.8) is 0 Å². The summed E-state index contributed by atoms with van der Waals surface area (Å²) in [6.07, 6.45) is 1.07. The molecule has 0 aliphatic heterocycles. The molecule has 0 fully saturated rings. The number of rotatable bonds is 3. The number of hydrogen-bond acceptors (Lipinski definition) is 3. The van der Waals surface area contributed by atoms with E-state index in [-0.39, 0.29) is 15.8 Å². The summed E-state index contributed by atoms with van der Waals surface area (Å²) in [5.74, 6) is -0.769. The van der Waals surface area contributed by atoms with Gasteiger partial charge in [0.15, 0.2) is 0 Å². The van der Waals surface area contributed by atoms with Crippen LogP contribution in [0.1, 0.15) is 11.6 Å². The zero-order valence-electron chi connectivity index (χ0n) is 8.07. The van der Waals surface area contributed by atoms with Crippen LogP contribution in [0.4, 0.5) is 4.39 Å². The molecule has 0 saturated heterocycles. The maximum absolute atomic E-state index is 13.5. The van der Waals surface area contributed by atoms with Gasteiger partial charge in [0.25, 0.3) is 0 Å². The van der Waals surface area contributed by atoms with E-state index in [9.17, 15) is 12.8 Å². The van der Waals surface area contributed by atoms with Gasteiger partial charge in [-0.15, -0.1) is 0 Å². The van der Waals surface area contributed by atoms with Gasteiger partial charge in [-0.3, -0.25) is 0 Å². The fourth-order valence-corrected chi connectivity index (χ4v) is 2.44. The van der Waals surface area contributed by atoms with Crippen LogP contribution in [0.25, 0.3) is 0 Å². The Morgan fingerprint density at radius 2 is 2.13 bits per heavy atom. The third kappa shape index (κ3) is 3.55. The Morgan fingerprint density at radius 1 is 1.53 bits per heavy atom. The highest BCUT2D eigenvalue weighted by Gasteiger charge is 2.17. The summed E-state index contributed by atoms with van der Waals surface area (Å²) in [5.41, 5.74) is 5.81. The lowest BCUT2D eigenvalue weighted by molar-refractivity contribution is 0.575. The monoisotopic (exact) mass is 295 g/mol. The van der Waals surface area contributed by atoms with Gasteiger partial charge in [-0.25, -0.2) is 12.8 Å². The third-order valence-electron chi connectivity index (χ3n) is 1.86. The Bertz CT molecular complexity index is 461. The van der Waals surface area contributed by atoms with Crippen molar-refractivity contribution in [1.29, 1.82) is 0 Å². The van der Waals surface area contributed by atoms with E-state index in [1.165, 1.54) is 12.1 Å². The van der Waals surface area contributed by atoms with Crippen molar-refractivity contribution in [3.05, 3.63) is 34.1 Å². The zero-order valence-corrected chi connectivity index (χ0v) is 10.5. The van der Waals surface area contributed by atoms with Gasteiger partial charge < -0.3 is 5.73 Å². The van der Waals surface area contributed by atoms with Gasteiger partial charge in [-0.05, 0) is 22.0 Å². The first-order valence-electron chi connectivity index (χ1n) is 4.18. The molecule has 0 aliphatic rings. The standard InChI is InChI=1S/C9H11BrFNO2S/c1-15(13,14)5-8(12)6-3-2-4-7(10)9(6)11/h2-4,8H,5,12H2,1H3. The lowest BCUT2D eigenvalue weighted by Gasteiger charge is -2.12. The minimum Gasteiger partial charge on any atom is -0.323 e. The molecule has 1 rings (SSSR count). The first kappa shape index (κ1) is 12.6. The van der Waals surface area contributed by atoms with E-state index in [1.54, 1.807) is 6.07 Å². The molecule has 0 aliphatic carbocycles. The minimum atomic E-state index is -3.21. The molecule has 0 radical (unpaired) electrons. The van der Waals surface area contributed by atoms with Gasteiger partial charge in [0, 0.05) is 17.9 Å². The third-order valence-corrected chi connectivity index (χ3v) is 3.44. The van der Waals surface area contributed by atoms with Gasteiger partial charge in [0.2, 0.25) is 0 Å². The summed E-state index contributed by atoms with van der Waals surface area (Å²) in [4.78, 5) is 0. The minimum absolute atomic E-state index is 0.204. The quantitative estimate of drug-likeness (QED) is 0.922. The number of benzene rings is 1. The van der Waals surface area contributed by atoms with Crippen LogP contribution in [-0.2, 0) is 9.84 Å². The Hall–Kier alpha value is -0.460. The van der Waals surface area contributed by atoms with Crippen LogP contribution in [0, 0.1) is 5.82 Å². The molecule has 0 spiro atoms. The van der Waals surface area contributed by atoms with E-state index in [0.717, 1.165) is 6.26 Å². The van der Waals surface area contributed by atoms with Crippen LogP contribution in [0.15, 0.2) is 22.7 Å². The van der Waals surface area contributed by atoms with Crippen molar-refractivity contribution in [1.82, 2.24) is 0 Å². The second-order valence-corrected chi connectivity index (χ2v) is 6.38. The van der Waals surface area contributed by atoms with Crippen molar-refractivity contribution in [3.8, 4) is 0 Å². The van der Waals surface area contributed by atoms with E-state index >= 15 is 0 Å². The van der Waals surface area contributed by atoms with Crippen molar-refractivity contribution < 1.29 is 12.8 Å². The van der Waals surface area contributed by atoms with E-state index in [0.29, 0.717) is 0 Å². The van der Waals surface area contributed by atoms with Crippen LogP contribution in [0.5, 0.6) is 0 Å². The fraction of sp³-hybridized carbons (Fsp3) is 0.333. The molecule has 0 amide bonds. The van der Waals surface area contributed by atoms with Crippen LogP contribution in [-0.4, -0.2) is 20.4 Å². The van der Waals surface area contributed by atoms with Crippen LogP contribution in [0.3, 0.4) is 0 Å². The largest absolute Gasteiger partial charge is 0.323 e. The SMILES string of the molecule is CS(=O)(=O)CC(N)c1cccc(Br)c1F. The Labute approximate surface area is 96.5 Å². The lowest BCUT2D eigenvalue weighted by atomic mass is 10.1. The molecule has 15 heavy (non-hydrogen) atoms. The molecule has 0 heterocycles. The van der Waals surface area contributed by atoms with Crippen molar-refractivity contribution in [2.75, 3.05) is 12.0 Å². The topological polar surface area (TPSA) is 60.2 Å². The molecule has 1 atom stereocenters. The summed E-state index contributed by atoms with van der Waals surface area (Å²) < 4.78 is 35.8. The average molecular weight is 296 g/mol. The smallest absolute Gasteiger partial charge is 0.149 e. The van der Waals surface area contributed by atoms with E-state index in [4.69, 9.17) is 5.73 Å². The molecule has 84 valence electrons. The van der Waals surface area contributed by atoms with Crippen molar-refractivity contribution >= 4 is 25.8 Å². The lowest BCUT2D eigenvalue weighted by Crippen LogP contribution is -2.22. The Morgan fingerprint density at radius 3 is 2.67 bits per heavy atom. The number of hydrogen-bond donors (Lipinski definition) is 1. The van der Waals surface area contributed by atoms with Crippen molar-refractivity contribution in [2.24, 2.45) is 5.73 Å². The highest BCUT2D eigenvalue weighted by atomic mass is 79.9. The molecular formula is C9H11BrFNO2S. The number of halogens is 2. The molecule has 0 saturated carbocycles. The summed E-state index contributed by atoms with van der Waals surface area (Å²) in [6.45, 7) is 0. The van der Waals surface area contributed by atoms with Crippen LogP contribution < -0.4 is 5.73 Å². The molecule has 2 N–H and O–H groups in total. The highest BCUT2D eigenvalue weighted by Crippen LogP contribution is 2.23. The number of nitrogens with two attached hydrogens (primary N) is 1. The average Bonchev–Trinajstić information content (AvgIpc) is 2.06. The second-order valence-electron chi connectivity index (χ2n) is 3.34. The van der Waals surface area contributed by atoms with Gasteiger partial charge >= 0.3 is 0 Å². The summed E-state index contributed by atoms with van der Waals surface area (Å²) in [7, 11) is -3.21. The van der Waals surface area contributed by atoms with Crippen LogP contribution in [0.2, 0.25) is 0 Å². The second kappa shape index (κ2) is 4.59. The molecule has 6 heteroatoms. The molecule has 0 aromatic heterocycles. The predicted molar refractivity (Wildman–Crippen MR) is 60.7 cm³/mol. The summed E-state index contributed by atoms with van der Waals surface area (Å²) in [6, 6.07) is 3.80. The van der Waals surface area contributed by atoms with Gasteiger partial charge in [-0.2, -0.15) is 0 Å². The van der Waals surface area contributed by atoms with Gasteiger partial charge in [-0.1, -0.05) is 12.1 Å². The summed E-state index contributed by atoms with van der Waals surface area (Å²) >= 11 is 3.01. The molecule has 0 bridgehead atoms. The molecule has 1 unspecified atom stereocenters.